The number of aromatic nitrogens is 3. The Hall–Kier alpha value is -3.03. The predicted octanol–water partition coefficient (Wildman–Crippen LogP) is 3.53. The smallest absolute Gasteiger partial charge is 0.288 e. The first kappa shape index (κ1) is 19.3. The van der Waals surface area contributed by atoms with Gasteiger partial charge in [0.25, 0.3) is 11.5 Å². The molecule has 2 heterocycles. The number of benzene rings is 2. The van der Waals surface area contributed by atoms with E-state index in [2.05, 4.69) is 15.6 Å². The van der Waals surface area contributed by atoms with Gasteiger partial charge in [-0.3, -0.25) is 9.59 Å². The number of amides is 1. The monoisotopic (exact) mass is 424 g/mol. The van der Waals surface area contributed by atoms with Crippen LogP contribution in [0.3, 0.4) is 0 Å². The van der Waals surface area contributed by atoms with Gasteiger partial charge in [-0.25, -0.2) is 4.68 Å². The fourth-order valence-corrected chi connectivity index (χ4v) is 3.81. The summed E-state index contributed by atoms with van der Waals surface area (Å²) in [6.07, 6.45) is 0.730. The van der Waals surface area contributed by atoms with E-state index in [-0.39, 0.29) is 11.5 Å². The van der Waals surface area contributed by atoms with Gasteiger partial charge in [-0.2, -0.15) is 0 Å². The lowest BCUT2D eigenvalue weighted by Crippen LogP contribution is -2.26. The maximum absolute atomic E-state index is 12.4. The lowest BCUT2D eigenvalue weighted by molar-refractivity contribution is 0.0954. The first-order valence-corrected chi connectivity index (χ1v) is 10.3. The molecule has 0 unspecified atom stereocenters. The van der Waals surface area contributed by atoms with E-state index in [1.54, 1.807) is 18.2 Å². The van der Waals surface area contributed by atoms with Crippen molar-refractivity contribution in [1.29, 1.82) is 0 Å². The highest BCUT2D eigenvalue weighted by Crippen LogP contribution is 2.13. The van der Waals surface area contributed by atoms with Crippen LogP contribution in [0, 0.1) is 0 Å². The number of carbonyl (C=O) groups excluding carboxylic acids is 1. The Kier molecular flexibility index (Phi) is 5.69. The fourth-order valence-electron chi connectivity index (χ4n) is 2.91. The Morgan fingerprint density at radius 1 is 1.03 bits per heavy atom. The fraction of sp³-hybridized carbons (Fsp3) is 0.143. The Bertz CT molecular complexity index is 1200. The summed E-state index contributed by atoms with van der Waals surface area (Å²) in [6, 6.07) is 16.5. The molecule has 0 atom stereocenters. The van der Waals surface area contributed by atoms with Gasteiger partial charge in [-0.1, -0.05) is 41.1 Å². The van der Waals surface area contributed by atoms with Crippen molar-refractivity contribution in [1.82, 2.24) is 20.3 Å². The van der Waals surface area contributed by atoms with Crippen molar-refractivity contribution < 1.29 is 4.79 Å². The first-order chi connectivity index (χ1) is 14.1. The molecule has 4 rings (SSSR count). The number of hydrogen-bond acceptors (Lipinski definition) is 5. The molecular formula is C21H17ClN4O2S. The van der Waals surface area contributed by atoms with Gasteiger partial charge >= 0.3 is 0 Å². The molecule has 4 aromatic rings. The molecule has 0 radical (unpaired) electrons. The van der Waals surface area contributed by atoms with E-state index in [0.717, 1.165) is 17.5 Å². The summed E-state index contributed by atoms with van der Waals surface area (Å²) < 4.78 is 1.93. The third kappa shape index (κ3) is 4.52. The van der Waals surface area contributed by atoms with Crippen molar-refractivity contribution in [3.8, 4) is 0 Å². The summed E-state index contributed by atoms with van der Waals surface area (Å²) in [7, 11) is 0. The molecule has 1 N–H and O–H groups in total. The van der Waals surface area contributed by atoms with E-state index in [4.69, 9.17) is 11.6 Å². The van der Waals surface area contributed by atoms with Crippen LogP contribution in [0.5, 0.6) is 0 Å². The Morgan fingerprint density at radius 3 is 2.52 bits per heavy atom. The van der Waals surface area contributed by atoms with Crippen molar-refractivity contribution in [3.63, 3.8) is 0 Å². The Morgan fingerprint density at radius 2 is 1.76 bits per heavy atom. The van der Waals surface area contributed by atoms with Gasteiger partial charge in [-0.15, -0.1) is 16.4 Å². The normalized spacial score (nSPS) is 10.9. The van der Waals surface area contributed by atoms with E-state index in [0.29, 0.717) is 33.9 Å². The van der Waals surface area contributed by atoms with E-state index < -0.39 is 0 Å². The van der Waals surface area contributed by atoms with Crippen molar-refractivity contribution in [2.24, 2.45) is 0 Å². The minimum absolute atomic E-state index is 0.137. The van der Waals surface area contributed by atoms with Gasteiger partial charge in [0.05, 0.1) is 6.54 Å². The molecule has 0 fully saturated rings. The summed E-state index contributed by atoms with van der Waals surface area (Å²) in [5.41, 5.74) is 3.00. The standard InChI is InChI=1S/C21H17ClN4O2S/c22-17-7-3-14(4-8-17)9-11-23-20(27)16-5-1-15(2-6-16)13-26-21(28)19-18(24-25-26)10-12-29-19/h1-8,10,12H,9,11,13H2,(H,23,27). The minimum Gasteiger partial charge on any atom is -0.352 e. The average Bonchev–Trinajstić information content (AvgIpc) is 3.22. The van der Waals surface area contributed by atoms with Crippen molar-refractivity contribution in [2.75, 3.05) is 6.54 Å². The van der Waals surface area contributed by atoms with Gasteiger partial charge in [0.1, 0.15) is 10.2 Å². The van der Waals surface area contributed by atoms with Gasteiger partial charge in [0.2, 0.25) is 0 Å². The maximum Gasteiger partial charge on any atom is 0.288 e. The van der Waals surface area contributed by atoms with Crippen molar-refractivity contribution in [3.05, 3.63) is 92.0 Å². The van der Waals surface area contributed by atoms with Crippen LogP contribution in [-0.2, 0) is 13.0 Å². The van der Waals surface area contributed by atoms with E-state index in [1.165, 1.54) is 16.0 Å². The number of fused-ring (bicyclic) bond motifs is 1. The molecular weight excluding hydrogens is 408 g/mol. The van der Waals surface area contributed by atoms with Crippen LogP contribution < -0.4 is 10.9 Å². The molecule has 0 aliphatic rings. The van der Waals surface area contributed by atoms with E-state index in [9.17, 15) is 9.59 Å². The molecule has 0 bridgehead atoms. The van der Waals surface area contributed by atoms with Crippen LogP contribution in [0.25, 0.3) is 10.2 Å². The molecule has 1 amide bonds. The van der Waals surface area contributed by atoms with Crippen molar-refractivity contribution in [2.45, 2.75) is 13.0 Å². The number of nitrogens with one attached hydrogen (secondary N) is 1. The first-order valence-electron chi connectivity index (χ1n) is 9.03. The highest BCUT2D eigenvalue weighted by molar-refractivity contribution is 7.17. The highest BCUT2D eigenvalue weighted by atomic mass is 35.5. The number of thiophene rings is 1. The van der Waals surface area contributed by atoms with Crippen molar-refractivity contribution >= 4 is 39.1 Å². The van der Waals surface area contributed by atoms with Crippen LogP contribution in [0.2, 0.25) is 5.02 Å². The highest BCUT2D eigenvalue weighted by Gasteiger charge is 2.09. The number of carbonyl (C=O) groups is 1. The summed E-state index contributed by atoms with van der Waals surface area (Å²) in [5, 5.41) is 13.5. The summed E-state index contributed by atoms with van der Waals surface area (Å²) in [4.78, 5) is 24.7. The number of rotatable bonds is 6. The molecule has 146 valence electrons. The van der Waals surface area contributed by atoms with Crippen LogP contribution in [0.4, 0.5) is 0 Å². The summed E-state index contributed by atoms with van der Waals surface area (Å²) in [5.74, 6) is -0.137. The SMILES string of the molecule is O=C(NCCc1ccc(Cl)cc1)c1ccc(Cn2nnc3ccsc3c2=O)cc1. The average molecular weight is 425 g/mol. The van der Waals surface area contributed by atoms with Crippen LogP contribution in [-0.4, -0.2) is 27.4 Å². The van der Waals surface area contributed by atoms with Crippen LogP contribution >= 0.6 is 22.9 Å². The Labute approximate surface area is 175 Å². The van der Waals surface area contributed by atoms with E-state index >= 15 is 0 Å². The second kappa shape index (κ2) is 8.55. The third-order valence-electron chi connectivity index (χ3n) is 4.49. The molecule has 0 aliphatic heterocycles. The molecule has 2 aromatic carbocycles. The van der Waals surface area contributed by atoms with Gasteiger partial charge in [0.15, 0.2) is 0 Å². The molecule has 6 nitrogen and oxygen atoms in total. The minimum atomic E-state index is -0.158. The largest absolute Gasteiger partial charge is 0.352 e. The quantitative estimate of drug-likeness (QED) is 0.513. The molecule has 0 aliphatic carbocycles. The van der Waals surface area contributed by atoms with Crippen LogP contribution in [0.1, 0.15) is 21.5 Å². The zero-order valence-corrected chi connectivity index (χ0v) is 16.9. The van der Waals surface area contributed by atoms with E-state index in [1.807, 2.05) is 41.8 Å². The number of halogens is 1. The Balaban J connectivity index is 1.36. The topological polar surface area (TPSA) is 76.9 Å². The molecule has 0 saturated heterocycles. The second-order valence-electron chi connectivity index (χ2n) is 6.52. The lowest BCUT2D eigenvalue weighted by Gasteiger charge is -2.07. The van der Waals surface area contributed by atoms with Gasteiger partial charge < -0.3 is 5.32 Å². The second-order valence-corrected chi connectivity index (χ2v) is 7.87. The van der Waals surface area contributed by atoms with Gasteiger partial charge in [0, 0.05) is 17.1 Å². The molecule has 8 heteroatoms. The van der Waals surface area contributed by atoms with Gasteiger partial charge in [-0.05, 0) is 53.3 Å². The molecule has 0 spiro atoms. The molecule has 2 aromatic heterocycles. The lowest BCUT2D eigenvalue weighted by atomic mass is 10.1. The zero-order chi connectivity index (χ0) is 20.2. The molecule has 0 saturated carbocycles. The maximum atomic E-state index is 12.4. The summed E-state index contributed by atoms with van der Waals surface area (Å²) in [6.45, 7) is 0.839. The zero-order valence-electron chi connectivity index (χ0n) is 15.3. The number of hydrogen-bond donors (Lipinski definition) is 1. The predicted molar refractivity (Wildman–Crippen MR) is 115 cm³/mol. The summed E-state index contributed by atoms with van der Waals surface area (Å²) >= 11 is 7.23. The third-order valence-corrected chi connectivity index (χ3v) is 5.64. The molecule has 29 heavy (non-hydrogen) atoms. The van der Waals surface area contributed by atoms with Crippen LogP contribution in [0.15, 0.2) is 64.8 Å². The number of nitrogens with zero attached hydrogens (tertiary/aromatic N) is 3.